The minimum atomic E-state index is -0.665. The Kier molecular flexibility index (Phi) is 5.50. The maximum absolute atomic E-state index is 12.2. The minimum Gasteiger partial charge on any atom is -0.312 e. The third-order valence-corrected chi connectivity index (χ3v) is 4.49. The van der Waals surface area contributed by atoms with Crippen LogP contribution in [0.25, 0.3) is 0 Å². The van der Waals surface area contributed by atoms with Gasteiger partial charge in [0.25, 0.3) is 5.69 Å². The molecule has 0 N–H and O–H groups in total. The molecule has 0 saturated heterocycles. The summed E-state index contributed by atoms with van der Waals surface area (Å²) in [5, 5.41) is 16.6. The number of thiophene rings is 1. The fourth-order valence-corrected chi connectivity index (χ4v) is 2.97. The predicted octanol–water partition coefficient (Wildman–Crippen LogP) is 4.46. The zero-order valence-corrected chi connectivity index (χ0v) is 14.4. The fraction of sp³-hybridized carbons (Fsp3) is 0.0526. The van der Waals surface area contributed by atoms with E-state index in [0.717, 1.165) is 10.4 Å². The van der Waals surface area contributed by atoms with Gasteiger partial charge in [-0.05, 0) is 29.1 Å². The van der Waals surface area contributed by atoms with Gasteiger partial charge in [0.05, 0.1) is 15.4 Å². The Labute approximate surface area is 153 Å². The molecule has 0 radical (unpaired) electrons. The van der Waals surface area contributed by atoms with Crippen LogP contribution < -0.4 is 0 Å². The molecule has 130 valence electrons. The third kappa shape index (κ3) is 4.40. The lowest BCUT2D eigenvalue weighted by atomic mass is 10.1. The highest BCUT2D eigenvalue weighted by atomic mass is 32.1. The lowest BCUT2D eigenvalue weighted by Gasteiger charge is -2.05. The van der Waals surface area contributed by atoms with Crippen LogP contribution >= 0.6 is 11.3 Å². The van der Waals surface area contributed by atoms with Gasteiger partial charge in [-0.3, -0.25) is 10.1 Å². The summed E-state index contributed by atoms with van der Waals surface area (Å²) < 4.78 is 0. The zero-order chi connectivity index (χ0) is 18.4. The standard InChI is InChI=1S/C19H14N2O4S/c22-19(15-8-10-16(11-9-15)21(23)24)25-20-17(18-7-4-12-26-18)13-14-5-2-1-3-6-14/h1-12H,13H2/b20-17+. The van der Waals surface area contributed by atoms with Crippen molar-refractivity contribution < 1.29 is 14.6 Å². The van der Waals surface area contributed by atoms with E-state index in [2.05, 4.69) is 5.16 Å². The second-order valence-electron chi connectivity index (χ2n) is 5.36. The molecular weight excluding hydrogens is 352 g/mol. The Hall–Kier alpha value is -3.32. The highest BCUT2D eigenvalue weighted by Gasteiger charge is 2.13. The molecule has 26 heavy (non-hydrogen) atoms. The van der Waals surface area contributed by atoms with Crippen LogP contribution in [-0.4, -0.2) is 16.6 Å². The van der Waals surface area contributed by atoms with Gasteiger partial charge in [-0.25, -0.2) is 4.79 Å². The molecule has 0 atom stereocenters. The molecule has 2 aromatic carbocycles. The Bertz CT molecular complexity index is 920. The zero-order valence-electron chi connectivity index (χ0n) is 13.6. The van der Waals surface area contributed by atoms with Crippen LogP contribution in [0.3, 0.4) is 0 Å². The number of nitro benzene ring substituents is 1. The van der Waals surface area contributed by atoms with Crippen LogP contribution in [0, 0.1) is 10.1 Å². The predicted molar refractivity (Wildman–Crippen MR) is 99.5 cm³/mol. The highest BCUT2D eigenvalue weighted by molar-refractivity contribution is 7.12. The van der Waals surface area contributed by atoms with Crippen LogP contribution in [0.4, 0.5) is 5.69 Å². The topological polar surface area (TPSA) is 81.8 Å². The van der Waals surface area contributed by atoms with Crippen molar-refractivity contribution in [2.45, 2.75) is 6.42 Å². The Balaban J connectivity index is 1.77. The Morgan fingerprint density at radius 1 is 1.04 bits per heavy atom. The number of non-ortho nitro benzene ring substituents is 1. The first-order chi connectivity index (χ1) is 12.6. The largest absolute Gasteiger partial charge is 0.365 e. The molecule has 7 heteroatoms. The quantitative estimate of drug-likeness (QED) is 0.279. The van der Waals surface area contributed by atoms with Gasteiger partial charge >= 0.3 is 5.97 Å². The molecule has 0 aliphatic rings. The van der Waals surface area contributed by atoms with E-state index in [1.54, 1.807) is 0 Å². The summed E-state index contributed by atoms with van der Waals surface area (Å²) in [6.07, 6.45) is 0.523. The molecular formula is C19H14N2O4S. The third-order valence-electron chi connectivity index (χ3n) is 3.57. The normalized spacial score (nSPS) is 11.2. The Morgan fingerprint density at radius 3 is 2.38 bits per heavy atom. The van der Waals surface area contributed by atoms with E-state index in [9.17, 15) is 14.9 Å². The molecule has 0 amide bonds. The summed E-state index contributed by atoms with van der Waals surface area (Å²) in [4.78, 5) is 28.3. The number of carbonyl (C=O) groups excluding carboxylic acids is 1. The summed E-state index contributed by atoms with van der Waals surface area (Å²) in [6, 6.07) is 18.8. The van der Waals surface area contributed by atoms with E-state index in [4.69, 9.17) is 4.84 Å². The van der Waals surface area contributed by atoms with E-state index >= 15 is 0 Å². The average Bonchev–Trinajstić information content (AvgIpc) is 3.20. The molecule has 0 unspecified atom stereocenters. The van der Waals surface area contributed by atoms with E-state index in [1.165, 1.54) is 35.6 Å². The summed E-state index contributed by atoms with van der Waals surface area (Å²) in [7, 11) is 0. The van der Waals surface area contributed by atoms with Crippen molar-refractivity contribution in [1.82, 2.24) is 0 Å². The first kappa shape index (κ1) is 17.5. The van der Waals surface area contributed by atoms with Crippen LogP contribution in [0.1, 0.15) is 20.8 Å². The van der Waals surface area contributed by atoms with Crippen LogP contribution in [0.5, 0.6) is 0 Å². The van der Waals surface area contributed by atoms with E-state index in [1.807, 2.05) is 47.8 Å². The molecule has 1 heterocycles. The van der Waals surface area contributed by atoms with Crippen molar-refractivity contribution in [2.75, 3.05) is 0 Å². The van der Waals surface area contributed by atoms with Crippen LogP contribution in [-0.2, 0) is 11.3 Å². The number of oxime groups is 1. The number of hydrogen-bond donors (Lipinski definition) is 0. The minimum absolute atomic E-state index is 0.0894. The molecule has 0 aliphatic carbocycles. The summed E-state index contributed by atoms with van der Waals surface area (Å²) in [5.74, 6) is -0.665. The van der Waals surface area contributed by atoms with Crippen molar-refractivity contribution in [1.29, 1.82) is 0 Å². The monoisotopic (exact) mass is 366 g/mol. The van der Waals surface area contributed by atoms with Crippen LogP contribution in [0.15, 0.2) is 77.3 Å². The maximum Gasteiger partial charge on any atom is 0.365 e. The summed E-state index contributed by atoms with van der Waals surface area (Å²) in [5.41, 5.74) is 1.80. The van der Waals surface area contributed by atoms with Crippen molar-refractivity contribution >= 4 is 28.7 Å². The average molecular weight is 366 g/mol. The number of nitrogens with zero attached hydrogens (tertiary/aromatic N) is 2. The van der Waals surface area contributed by atoms with Crippen molar-refractivity contribution in [2.24, 2.45) is 5.16 Å². The SMILES string of the molecule is O=C(O/N=C(\Cc1ccccc1)c1cccs1)c1ccc([N+](=O)[O-])cc1. The molecule has 0 saturated carbocycles. The molecule has 6 nitrogen and oxygen atoms in total. The van der Waals surface area contributed by atoms with Gasteiger partial charge in [0, 0.05) is 18.6 Å². The smallest absolute Gasteiger partial charge is 0.312 e. The van der Waals surface area contributed by atoms with Crippen molar-refractivity contribution in [3.8, 4) is 0 Å². The van der Waals surface area contributed by atoms with E-state index in [0.29, 0.717) is 12.1 Å². The first-order valence-corrected chi connectivity index (χ1v) is 8.62. The van der Waals surface area contributed by atoms with Crippen LogP contribution in [0.2, 0.25) is 0 Å². The molecule has 0 aliphatic heterocycles. The second-order valence-corrected chi connectivity index (χ2v) is 6.31. The molecule has 3 aromatic rings. The maximum atomic E-state index is 12.2. The molecule has 1 aromatic heterocycles. The summed E-state index contributed by atoms with van der Waals surface area (Å²) in [6.45, 7) is 0. The molecule has 3 rings (SSSR count). The molecule has 0 bridgehead atoms. The van der Waals surface area contributed by atoms with Gasteiger partial charge < -0.3 is 4.84 Å². The van der Waals surface area contributed by atoms with Gasteiger partial charge in [-0.15, -0.1) is 11.3 Å². The summed E-state index contributed by atoms with van der Waals surface area (Å²) >= 11 is 1.51. The fourth-order valence-electron chi connectivity index (χ4n) is 2.26. The number of hydrogen-bond acceptors (Lipinski definition) is 6. The van der Waals surface area contributed by atoms with E-state index < -0.39 is 10.9 Å². The lowest BCUT2D eigenvalue weighted by Crippen LogP contribution is -2.08. The number of rotatable bonds is 6. The van der Waals surface area contributed by atoms with Crippen molar-refractivity contribution in [3.63, 3.8) is 0 Å². The highest BCUT2D eigenvalue weighted by Crippen LogP contribution is 2.16. The van der Waals surface area contributed by atoms with Gasteiger partial charge in [0.15, 0.2) is 0 Å². The van der Waals surface area contributed by atoms with Gasteiger partial charge in [0.2, 0.25) is 0 Å². The molecule has 0 fully saturated rings. The lowest BCUT2D eigenvalue weighted by molar-refractivity contribution is -0.384. The second kappa shape index (κ2) is 8.17. The van der Waals surface area contributed by atoms with Crippen molar-refractivity contribution in [3.05, 3.63) is 98.2 Å². The van der Waals surface area contributed by atoms with Gasteiger partial charge in [-0.1, -0.05) is 41.6 Å². The molecule has 0 spiro atoms. The first-order valence-electron chi connectivity index (χ1n) is 7.74. The number of nitro groups is 1. The van der Waals surface area contributed by atoms with Gasteiger partial charge in [0.1, 0.15) is 5.71 Å². The van der Waals surface area contributed by atoms with Gasteiger partial charge in [-0.2, -0.15) is 0 Å². The number of benzene rings is 2. The number of carbonyl (C=O) groups is 1. The van der Waals surface area contributed by atoms with E-state index in [-0.39, 0.29) is 11.3 Å². The Morgan fingerprint density at radius 2 is 1.77 bits per heavy atom.